The van der Waals surface area contributed by atoms with E-state index in [1.165, 1.54) is 15.3 Å². The maximum Gasteiger partial charge on any atom is 0.243 e. The first-order chi connectivity index (χ1) is 16.0. The molecule has 0 amide bonds. The Balaban J connectivity index is 1.50. The van der Waals surface area contributed by atoms with Crippen LogP contribution in [0, 0.1) is 6.92 Å². The third-order valence-corrected chi connectivity index (χ3v) is 7.19. The Labute approximate surface area is 191 Å². The molecule has 1 aliphatic rings. The molecular formula is C23H21N5O4S. The third kappa shape index (κ3) is 4.30. The summed E-state index contributed by atoms with van der Waals surface area (Å²) in [7, 11) is -3.82. The van der Waals surface area contributed by atoms with Crippen LogP contribution in [0.5, 0.6) is 11.5 Å². The van der Waals surface area contributed by atoms with Crippen LogP contribution in [0.3, 0.4) is 0 Å². The van der Waals surface area contributed by atoms with Crippen LogP contribution in [0.15, 0.2) is 78.0 Å². The van der Waals surface area contributed by atoms with Crippen molar-refractivity contribution in [1.29, 1.82) is 0 Å². The van der Waals surface area contributed by atoms with Crippen molar-refractivity contribution in [3.63, 3.8) is 0 Å². The van der Waals surface area contributed by atoms with Crippen LogP contribution in [0.1, 0.15) is 16.7 Å². The minimum Gasteiger partial charge on any atom is -0.454 e. The molecule has 168 valence electrons. The zero-order valence-corrected chi connectivity index (χ0v) is 18.6. The highest BCUT2D eigenvalue weighted by atomic mass is 32.2. The molecule has 1 aromatic heterocycles. The van der Waals surface area contributed by atoms with Gasteiger partial charge in [0.1, 0.15) is 6.33 Å². The van der Waals surface area contributed by atoms with E-state index in [0.717, 1.165) is 16.7 Å². The number of ether oxygens (including phenoxy) is 2. The topological polar surface area (TPSA) is 99.4 Å². The summed E-state index contributed by atoms with van der Waals surface area (Å²) in [4.78, 5) is 0.202. The fraction of sp³-hybridized carbons (Fsp3) is 0.174. The minimum absolute atomic E-state index is 0.164. The fourth-order valence-corrected chi connectivity index (χ4v) is 5.22. The molecule has 5 rings (SSSR count). The smallest absolute Gasteiger partial charge is 0.243 e. The predicted octanol–water partition coefficient (Wildman–Crippen LogP) is 3.09. The molecule has 0 N–H and O–H groups in total. The summed E-state index contributed by atoms with van der Waals surface area (Å²) in [6.07, 6.45) is 1.47. The Morgan fingerprint density at radius 1 is 0.939 bits per heavy atom. The first-order valence-corrected chi connectivity index (χ1v) is 11.7. The van der Waals surface area contributed by atoms with E-state index in [9.17, 15) is 8.42 Å². The van der Waals surface area contributed by atoms with Crippen LogP contribution in [-0.4, -0.2) is 39.7 Å². The van der Waals surface area contributed by atoms with Gasteiger partial charge in [-0.1, -0.05) is 36.4 Å². The highest BCUT2D eigenvalue weighted by Crippen LogP contribution is 2.33. The minimum atomic E-state index is -3.82. The van der Waals surface area contributed by atoms with E-state index in [4.69, 9.17) is 9.47 Å². The molecule has 3 aromatic carbocycles. The Bertz CT molecular complexity index is 1380. The molecule has 0 saturated heterocycles. The van der Waals surface area contributed by atoms with E-state index in [1.807, 2.05) is 49.4 Å². The fourth-order valence-electron chi connectivity index (χ4n) is 3.72. The third-order valence-electron chi connectivity index (χ3n) is 5.40. The average Bonchev–Trinajstić information content (AvgIpc) is 3.51. The summed E-state index contributed by atoms with van der Waals surface area (Å²) >= 11 is 0. The van der Waals surface area contributed by atoms with Gasteiger partial charge in [0, 0.05) is 13.1 Å². The van der Waals surface area contributed by atoms with Crippen LogP contribution in [-0.2, 0) is 23.1 Å². The summed E-state index contributed by atoms with van der Waals surface area (Å²) in [6.45, 7) is 2.40. The molecule has 0 unspecified atom stereocenters. The number of hydrogen-bond acceptors (Lipinski definition) is 7. The summed E-state index contributed by atoms with van der Waals surface area (Å²) in [5, 5.41) is 11.2. The van der Waals surface area contributed by atoms with Crippen LogP contribution >= 0.6 is 0 Å². The van der Waals surface area contributed by atoms with Crippen molar-refractivity contribution in [2.45, 2.75) is 24.9 Å². The lowest BCUT2D eigenvalue weighted by atomic mass is 10.2. The number of fused-ring (bicyclic) bond motifs is 1. The number of benzene rings is 3. The summed E-state index contributed by atoms with van der Waals surface area (Å²) in [5.74, 6) is 1.27. The molecule has 9 nitrogen and oxygen atoms in total. The molecule has 0 spiro atoms. The SMILES string of the molecule is Cc1cc(S(=O)(=O)N(Cc2ccccc2)Cc2ccc3c(c2)OCO3)ccc1-n1cnnn1. The van der Waals surface area contributed by atoms with Gasteiger partial charge in [-0.05, 0) is 64.4 Å². The van der Waals surface area contributed by atoms with E-state index in [-0.39, 0.29) is 24.8 Å². The Morgan fingerprint density at radius 3 is 2.48 bits per heavy atom. The van der Waals surface area contributed by atoms with Gasteiger partial charge >= 0.3 is 0 Å². The highest BCUT2D eigenvalue weighted by Gasteiger charge is 2.26. The van der Waals surface area contributed by atoms with Gasteiger partial charge in [0.15, 0.2) is 11.5 Å². The molecule has 1 aliphatic heterocycles. The second-order valence-corrected chi connectivity index (χ2v) is 9.59. The first-order valence-electron chi connectivity index (χ1n) is 10.3. The van der Waals surface area contributed by atoms with Crippen LogP contribution in [0.25, 0.3) is 5.69 Å². The van der Waals surface area contributed by atoms with Crippen molar-refractivity contribution in [2.24, 2.45) is 0 Å². The monoisotopic (exact) mass is 463 g/mol. The molecule has 0 radical (unpaired) electrons. The highest BCUT2D eigenvalue weighted by molar-refractivity contribution is 7.89. The van der Waals surface area contributed by atoms with Crippen LogP contribution < -0.4 is 9.47 Å². The lowest BCUT2D eigenvalue weighted by Gasteiger charge is -2.23. The van der Waals surface area contributed by atoms with Gasteiger partial charge in [0.05, 0.1) is 10.6 Å². The number of tetrazole rings is 1. The zero-order valence-electron chi connectivity index (χ0n) is 17.8. The van der Waals surface area contributed by atoms with Crippen LogP contribution in [0.4, 0.5) is 0 Å². The van der Waals surface area contributed by atoms with Crippen molar-refractivity contribution in [3.8, 4) is 17.2 Å². The van der Waals surface area contributed by atoms with Crippen molar-refractivity contribution in [1.82, 2.24) is 24.5 Å². The van der Waals surface area contributed by atoms with Gasteiger partial charge < -0.3 is 9.47 Å². The summed E-state index contributed by atoms with van der Waals surface area (Å²) < 4.78 is 41.3. The van der Waals surface area contributed by atoms with Crippen LogP contribution in [0.2, 0.25) is 0 Å². The van der Waals surface area contributed by atoms with E-state index < -0.39 is 10.0 Å². The molecule has 2 heterocycles. The normalized spacial score (nSPS) is 12.9. The molecule has 4 aromatic rings. The molecule has 0 aliphatic carbocycles. The number of sulfonamides is 1. The maximum absolute atomic E-state index is 13.7. The summed E-state index contributed by atoms with van der Waals surface area (Å²) in [6, 6.07) is 19.9. The van der Waals surface area contributed by atoms with Crippen molar-refractivity contribution >= 4 is 10.0 Å². The summed E-state index contributed by atoms with van der Waals surface area (Å²) in [5.41, 5.74) is 3.15. The van der Waals surface area contributed by atoms with E-state index >= 15 is 0 Å². The van der Waals surface area contributed by atoms with Gasteiger partial charge in [0.25, 0.3) is 0 Å². The molecular weight excluding hydrogens is 442 g/mol. The Hall–Kier alpha value is -3.76. The average molecular weight is 464 g/mol. The quantitative estimate of drug-likeness (QED) is 0.415. The van der Waals surface area contributed by atoms with E-state index in [2.05, 4.69) is 15.5 Å². The van der Waals surface area contributed by atoms with Gasteiger partial charge in [-0.2, -0.15) is 4.31 Å². The maximum atomic E-state index is 13.7. The van der Waals surface area contributed by atoms with E-state index in [0.29, 0.717) is 17.2 Å². The lowest BCUT2D eigenvalue weighted by Crippen LogP contribution is -2.30. The molecule has 0 fully saturated rings. The van der Waals surface area contributed by atoms with Crippen molar-refractivity contribution in [3.05, 3.63) is 89.7 Å². The molecule has 33 heavy (non-hydrogen) atoms. The van der Waals surface area contributed by atoms with Gasteiger partial charge in [-0.3, -0.25) is 0 Å². The van der Waals surface area contributed by atoms with Gasteiger partial charge in [-0.15, -0.1) is 5.10 Å². The molecule has 0 saturated carbocycles. The standard InChI is InChI=1S/C23H21N5O4S/c1-17-11-20(8-9-21(17)28-15-24-25-26-28)33(29,30)27(13-18-5-3-2-4-6-18)14-19-7-10-22-23(12-19)32-16-31-22/h2-12,15H,13-14,16H2,1H3. The number of aryl methyl sites for hydroxylation is 1. The number of aromatic nitrogens is 4. The van der Waals surface area contributed by atoms with E-state index in [1.54, 1.807) is 24.3 Å². The number of nitrogens with zero attached hydrogens (tertiary/aromatic N) is 5. The Kier molecular flexibility index (Phi) is 5.53. The number of rotatable bonds is 7. The molecule has 0 atom stereocenters. The molecule has 0 bridgehead atoms. The lowest BCUT2D eigenvalue weighted by molar-refractivity contribution is 0.174. The second-order valence-electron chi connectivity index (χ2n) is 7.65. The first kappa shape index (κ1) is 21.1. The van der Waals surface area contributed by atoms with Gasteiger partial charge in [0.2, 0.25) is 16.8 Å². The largest absolute Gasteiger partial charge is 0.454 e. The Morgan fingerprint density at radius 2 is 1.73 bits per heavy atom. The molecule has 10 heteroatoms. The zero-order chi connectivity index (χ0) is 22.8. The van der Waals surface area contributed by atoms with Crippen molar-refractivity contribution < 1.29 is 17.9 Å². The second kappa shape index (κ2) is 8.64. The number of hydrogen-bond donors (Lipinski definition) is 0. The van der Waals surface area contributed by atoms with Crippen molar-refractivity contribution in [2.75, 3.05) is 6.79 Å². The van der Waals surface area contributed by atoms with Gasteiger partial charge in [-0.25, -0.2) is 13.1 Å². The predicted molar refractivity (Wildman–Crippen MR) is 119 cm³/mol.